The lowest BCUT2D eigenvalue weighted by Crippen LogP contribution is -2.54. The first kappa shape index (κ1) is 37.2. The number of carbonyl (C=O) groups excluding carboxylic acids is 4. The Morgan fingerprint density at radius 1 is 0.750 bits per heavy atom. The summed E-state index contributed by atoms with van der Waals surface area (Å²) in [6.07, 6.45) is 1.95. The van der Waals surface area contributed by atoms with E-state index in [0.29, 0.717) is 49.0 Å². The number of morpholine rings is 1. The van der Waals surface area contributed by atoms with Crippen LogP contribution in [0.15, 0.2) is 84.9 Å². The number of aromatic nitrogens is 1. The summed E-state index contributed by atoms with van der Waals surface area (Å²) in [5, 5.41) is 2.26. The number of hydrogen-bond donors (Lipinski definition) is 1. The number of ether oxygens (including phenoxy) is 3. The highest BCUT2D eigenvalue weighted by Gasteiger charge is 2.46. The van der Waals surface area contributed by atoms with Gasteiger partial charge < -0.3 is 24.0 Å². The Morgan fingerprint density at radius 3 is 2.09 bits per heavy atom. The van der Waals surface area contributed by atoms with Gasteiger partial charge in [-0.05, 0) is 84.8 Å². The van der Waals surface area contributed by atoms with Gasteiger partial charge in [0.15, 0.2) is 0 Å². The van der Waals surface area contributed by atoms with Crippen molar-refractivity contribution in [2.45, 2.75) is 57.6 Å². The van der Waals surface area contributed by atoms with Crippen molar-refractivity contribution < 1.29 is 33.4 Å². The van der Waals surface area contributed by atoms with Gasteiger partial charge in [0.2, 0.25) is 11.8 Å². The lowest BCUT2D eigenvalue weighted by Gasteiger charge is -2.34. The number of hydrogen-bond acceptors (Lipinski definition) is 10. The summed E-state index contributed by atoms with van der Waals surface area (Å²) in [6.45, 7) is 9.95. The molecule has 0 saturated carbocycles. The molecule has 3 fully saturated rings. The number of anilines is 2. The van der Waals surface area contributed by atoms with Crippen LogP contribution in [0.3, 0.4) is 0 Å². The minimum absolute atomic E-state index is 0.0887. The van der Waals surface area contributed by atoms with E-state index >= 15 is 0 Å². The van der Waals surface area contributed by atoms with Gasteiger partial charge in [-0.1, -0.05) is 50.2 Å². The maximum absolute atomic E-state index is 13.6. The molecule has 290 valence electrons. The molecule has 0 spiro atoms. The van der Waals surface area contributed by atoms with Crippen molar-refractivity contribution in [3.8, 4) is 11.5 Å². The van der Waals surface area contributed by atoms with Crippen LogP contribution in [0.4, 0.5) is 11.5 Å². The summed E-state index contributed by atoms with van der Waals surface area (Å²) in [5.41, 5.74) is 4.35. The molecule has 56 heavy (non-hydrogen) atoms. The van der Waals surface area contributed by atoms with E-state index < -0.39 is 29.7 Å². The van der Waals surface area contributed by atoms with Gasteiger partial charge in [0, 0.05) is 38.0 Å². The van der Waals surface area contributed by atoms with Crippen LogP contribution in [-0.2, 0) is 26.3 Å². The second-order valence-corrected chi connectivity index (χ2v) is 15.4. The number of carbonyl (C=O) groups is 4. The molecule has 4 aliphatic heterocycles. The van der Waals surface area contributed by atoms with E-state index in [4.69, 9.17) is 19.2 Å². The number of pyridine rings is 1. The minimum Gasteiger partial charge on any atom is -0.493 e. The normalized spacial score (nSPS) is 19.2. The maximum atomic E-state index is 13.6. The van der Waals surface area contributed by atoms with Crippen molar-refractivity contribution in [1.29, 1.82) is 0 Å². The van der Waals surface area contributed by atoms with Crippen LogP contribution in [0.25, 0.3) is 0 Å². The largest absolute Gasteiger partial charge is 0.493 e. The van der Waals surface area contributed by atoms with Gasteiger partial charge >= 0.3 is 0 Å². The van der Waals surface area contributed by atoms with E-state index in [0.717, 1.165) is 67.1 Å². The lowest BCUT2D eigenvalue weighted by atomic mass is 9.78. The Bertz CT molecular complexity index is 2100. The van der Waals surface area contributed by atoms with E-state index in [1.807, 2.05) is 48.5 Å². The van der Waals surface area contributed by atoms with Crippen molar-refractivity contribution in [2.24, 2.45) is 5.92 Å². The van der Waals surface area contributed by atoms with Gasteiger partial charge in [-0.2, -0.15) is 0 Å². The molecule has 12 nitrogen and oxygen atoms in total. The van der Waals surface area contributed by atoms with E-state index in [2.05, 4.69) is 53.2 Å². The molecule has 0 radical (unpaired) electrons. The first-order valence-corrected chi connectivity index (χ1v) is 19.5. The van der Waals surface area contributed by atoms with Crippen molar-refractivity contribution >= 4 is 35.1 Å². The number of benzene rings is 3. The topological polar surface area (TPSA) is 131 Å². The van der Waals surface area contributed by atoms with Crippen LogP contribution in [0.5, 0.6) is 11.5 Å². The zero-order valence-electron chi connectivity index (χ0n) is 31.9. The molecule has 1 aromatic heterocycles. The summed E-state index contributed by atoms with van der Waals surface area (Å²) in [5.74, 6) is 0.943. The van der Waals surface area contributed by atoms with Crippen LogP contribution in [0, 0.1) is 5.92 Å². The summed E-state index contributed by atoms with van der Waals surface area (Å²) >= 11 is 0. The number of amides is 4. The molecule has 1 unspecified atom stereocenters. The number of rotatable bonds is 11. The van der Waals surface area contributed by atoms with E-state index in [-0.39, 0.29) is 18.3 Å². The van der Waals surface area contributed by atoms with Gasteiger partial charge in [0.25, 0.3) is 11.8 Å². The molecular formula is C44H47N5O7. The van der Waals surface area contributed by atoms with Crippen LogP contribution in [-0.4, -0.2) is 85.6 Å². The second kappa shape index (κ2) is 15.8. The van der Waals surface area contributed by atoms with Crippen LogP contribution < -0.4 is 24.6 Å². The van der Waals surface area contributed by atoms with Crippen LogP contribution >= 0.6 is 0 Å². The second-order valence-electron chi connectivity index (χ2n) is 15.4. The number of nitrogens with one attached hydrogen (secondary N) is 1. The van der Waals surface area contributed by atoms with Gasteiger partial charge in [0.05, 0.1) is 42.3 Å². The predicted molar refractivity (Wildman–Crippen MR) is 210 cm³/mol. The quantitative estimate of drug-likeness (QED) is 0.195. The molecule has 4 aromatic rings. The fourth-order valence-corrected chi connectivity index (χ4v) is 8.09. The van der Waals surface area contributed by atoms with Crippen molar-refractivity contribution in [2.75, 3.05) is 55.8 Å². The summed E-state index contributed by atoms with van der Waals surface area (Å²) in [6, 6.07) is 26.9. The molecule has 3 aromatic carbocycles. The average molecular weight is 758 g/mol. The Kier molecular flexibility index (Phi) is 10.5. The first-order valence-electron chi connectivity index (χ1n) is 19.5. The predicted octanol–water partition coefficient (Wildman–Crippen LogP) is 5.52. The third-order valence-corrected chi connectivity index (χ3v) is 11.6. The van der Waals surface area contributed by atoms with Gasteiger partial charge in [-0.15, -0.1) is 0 Å². The Balaban J connectivity index is 0.825. The third-order valence-electron chi connectivity index (χ3n) is 11.6. The summed E-state index contributed by atoms with van der Waals surface area (Å²) in [4.78, 5) is 61.3. The molecule has 0 bridgehead atoms. The number of nitrogens with zero attached hydrogens (tertiary/aromatic N) is 4. The van der Waals surface area contributed by atoms with E-state index in [9.17, 15) is 19.2 Å². The fourth-order valence-electron chi connectivity index (χ4n) is 8.09. The number of piperidine rings is 2. The van der Waals surface area contributed by atoms with Crippen LogP contribution in [0.2, 0.25) is 0 Å². The molecular weight excluding hydrogens is 711 g/mol. The molecule has 1 atom stereocenters. The van der Waals surface area contributed by atoms with E-state index in [1.54, 1.807) is 12.1 Å². The Labute approximate surface area is 326 Å². The lowest BCUT2D eigenvalue weighted by molar-refractivity contribution is -0.136. The molecule has 0 aliphatic carbocycles. The summed E-state index contributed by atoms with van der Waals surface area (Å²) in [7, 11) is 0. The average Bonchev–Trinajstić information content (AvgIpc) is 3.48. The molecule has 4 aliphatic rings. The highest BCUT2D eigenvalue weighted by molar-refractivity contribution is 6.25. The zero-order valence-corrected chi connectivity index (χ0v) is 31.9. The van der Waals surface area contributed by atoms with Crippen molar-refractivity contribution in [3.63, 3.8) is 0 Å². The molecule has 3 saturated heterocycles. The first-order chi connectivity index (χ1) is 27.2. The third kappa shape index (κ3) is 7.58. The molecule has 12 heteroatoms. The van der Waals surface area contributed by atoms with Gasteiger partial charge in [-0.3, -0.25) is 29.4 Å². The number of fused-ring (bicyclic) bond motifs is 1. The molecule has 5 heterocycles. The van der Waals surface area contributed by atoms with Crippen molar-refractivity contribution in [3.05, 3.63) is 113 Å². The highest BCUT2D eigenvalue weighted by atomic mass is 16.5. The summed E-state index contributed by atoms with van der Waals surface area (Å²) < 4.78 is 17.9. The monoisotopic (exact) mass is 757 g/mol. The highest BCUT2D eigenvalue weighted by Crippen LogP contribution is 2.37. The molecule has 4 amide bonds. The van der Waals surface area contributed by atoms with Gasteiger partial charge in [0.1, 0.15) is 30.0 Å². The smallest absolute Gasteiger partial charge is 0.264 e. The Hall–Kier alpha value is -5.75. The Morgan fingerprint density at radius 2 is 1.41 bits per heavy atom. The molecule has 1 N–H and O–H groups in total. The maximum Gasteiger partial charge on any atom is 0.264 e. The number of imide groups is 2. The van der Waals surface area contributed by atoms with Crippen LogP contribution in [0.1, 0.15) is 77.1 Å². The zero-order chi connectivity index (χ0) is 38.8. The van der Waals surface area contributed by atoms with Gasteiger partial charge in [-0.25, -0.2) is 4.98 Å². The standard InChI is InChI=1S/C44H47N5O7/c1-44(2,31-11-15-34(16-12-31)56-28-32-5-3-8-38(45-32)48-23-25-54-26-24-48)30-9-13-33(14-10-30)55-27-29-19-21-47(22-20-29)36-7-4-6-35-40(36)43(53)49(42(35)52)37-17-18-39(50)46-41(37)51/h3-16,29,37H,17-28H2,1-2H3,(H,46,50,51). The van der Waals surface area contributed by atoms with Crippen molar-refractivity contribution in [1.82, 2.24) is 15.2 Å². The fraction of sp³-hybridized carbons (Fsp3) is 0.386. The van der Waals surface area contributed by atoms with E-state index in [1.165, 1.54) is 11.1 Å². The minimum atomic E-state index is -0.984. The molecule has 8 rings (SSSR count). The SMILES string of the molecule is CC(C)(c1ccc(OCc2cccc(N3CCOCC3)n2)cc1)c1ccc(OCC2CCN(c3cccc4c3C(=O)N(C3CCC(=O)NC3=O)C4=O)CC2)cc1.